The van der Waals surface area contributed by atoms with E-state index in [-0.39, 0.29) is 5.82 Å². The van der Waals surface area contributed by atoms with Crippen molar-refractivity contribution in [2.75, 3.05) is 5.32 Å². The highest BCUT2D eigenvalue weighted by atomic mass is 19.1. The van der Waals surface area contributed by atoms with E-state index < -0.39 is 0 Å². The Morgan fingerprint density at radius 3 is 2.62 bits per heavy atom. The normalized spacial score (nSPS) is 10.6. The zero-order valence-electron chi connectivity index (χ0n) is 11.7. The number of anilines is 1. The molecule has 2 aromatic carbocycles. The lowest BCUT2D eigenvalue weighted by Gasteiger charge is -2.08. The average Bonchev–Trinajstić information content (AvgIpc) is 2.96. The second kappa shape index (κ2) is 5.79. The van der Waals surface area contributed by atoms with E-state index in [1.54, 1.807) is 18.3 Å². The van der Waals surface area contributed by atoms with Gasteiger partial charge in [-0.1, -0.05) is 42.0 Å². The Balaban J connectivity index is 1.80. The number of nitrogens with one attached hydrogen (secondary N) is 2. The third-order valence-corrected chi connectivity index (χ3v) is 3.40. The predicted molar refractivity (Wildman–Crippen MR) is 82.5 cm³/mol. The van der Waals surface area contributed by atoms with Gasteiger partial charge in [0.25, 0.3) is 0 Å². The minimum absolute atomic E-state index is 0.252. The van der Waals surface area contributed by atoms with Crippen molar-refractivity contribution in [3.05, 3.63) is 71.7 Å². The van der Waals surface area contributed by atoms with Crippen LogP contribution < -0.4 is 5.32 Å². The average molecular weight is 281 g/mol. The Kier molecular flexibility index (Phi) is 3.69. The smallest absolute Gasteiger partial charge is 0.146 e. The van der Waals surface area contributed by atoms with Crippen LogP contribution in [0.2, 0.25) is 0 Å². The van der Waals surface area contributed by atoms with Crippen molar-refractivity contribution < 1.29 is 4.39 Å². The van der Waals surface area contributed by atoms with Crippen molar-refractivity contribution >= 4 is 5.69 Å². The van der Waals surface area contributed by atoms with E-state index in [4.69, 9.17) is 0 Å². The van der Waals surface area contributed by atoms with Crippen molar-refractivity contribution in [2.45, 2.75) is 13.5 Å². The molecular weight excluding hydrogens is 265 g/mol. The molecule has 3 nitrogen and oxygen atoms in total. The van der Waals surface area contributed by atoms with Gasteiger partial charge in [-0.25, -0.2) is 4.39 Å². The van der Waals surface area contributed by atoms with Crippen molar-refractivity contribution in [1.82, 2.24) is 10.2 Å². The van der Waals surface area contributed by atoms with Crippen LogP contribution in [0.1, 0.15) is 11.1 Å². The largest absolute Gasteiger partial charge is 0.378 e. The van der Waals surface area contributed by atoms with Crippen molar-refractivity contribution in [3.8, 4) is 11.3 Å². The molecule has 1 heterocycles. The first-order valence-corrected chi connectivity index (χ1v) is 6.82. The molecule has 0 spiro atoms. The Hall–Kier alpha value is -2.62. The highest BCUT2D eigenvalue weighted by molar-refractivity contribution is 5.63. The van der Waals surface area contributed by atoms with Gasteiger partial charge in [-0.3, -0.25) is 5.10 Å². The molecule has 0 aliphatic heterocycles. The van der Waals surface area contributed by atoms with Crippen LogP contribution in [-0.4, -0.2) is 10.2 Å². The van der Waals surface area contributed by atoms with E-state index in [0.717, 1.165) is 16.8 Å². The number of rotatable bonds is 4. The maximum atomic E-state index is 13.6. The molecule has 3 rings (SSSR count). The van der Waals surface area contributed by atoms with Crippen LogP contribution >= 0.6 is 0 Å². The fourth-order valence-corrected chi connectivity index (χ4v) is 2.21. The minimum atomic E-state index is -0.252. The van der Waals surface area contributed by atoms with Gasteiger partial charge in [0.05, 0.1) is 17.6 Å². The lowest BCUT2D eigenvalue weighted by Crippen LogP contribution is -2.01. The number of hydrogen-bond acceptors (Lipinski definition) is 2. The lowest BCUT2D eigenvalue weighted by molar-refractivity contribution is 0.630. The Morgan fingerprint density at radius 2 is 1.86 bits per heavy atom. The molecule has 106 valence electrons. The number of halogens is 1. The quantitative estimate of drug-likeness (QED) is 0.754. The fraction of sp³-hybridized carbons (Fsp3) is 0.118. The van der Waals surface area contributed by atoms with E-state index in [0.29, 0.717) is 12.2 Å². The predicted octanol–water partition coefficient (Wildman–Crippen LogP) is 4.14. The summed E-state index contributed by atoms with van der Waals surface area (Å²) in [5.41, 5.74) is 4.74. The summed E-state index contributed by atoms with van der Waals surface area (Å²) in [5.74, 6) is -0.252. The summed E-state index contributed by atoms with van der Waals surface area (Å²) >= 11 is 0. The molecule has 0 saturated carbocycles. The summed E-state index contributed by atoms with van der Waals surface area (Å²) in [6.07, 6.45) is 1.77. The van der Waals surface area contributed by atoms with Crippen molar-refractivity contribution in [3.63, 3.8) is 0 Å². The zero-order valence-corrected chi connectivity index (χ0v) is 11.7. The first-order valence-electron chi connectivity index (χ1n) is 6.82. The maximum absolute atomic E-state index is 13.6. The summed E-state index contributed by atoms with van der Waals surface area (Å²) in [7, 11) is 0. The SMILES string of the molecule is Cc1ccc(-c2[nH]ncc2CNc2ccccc2F)cc1. The van der Waals surface area contributed by atoms with Crippen LogP contribution in [0, 0.1) is 12.7 Å². The third kappa shape index (κ3) is 2.94. The molecule has 4 heteroatoms. The Morgan fingerprint density at radius 1 is 1.10 bits per heavy atom. The molecule has 0 amide bonds. The highest BCUT2D eigenvalue weighted by Gasteiger charge is 2.08. The van der Waals surface area contributed by atoms with E-state index in [2.05, 4.69) is 46.7 Å². The van der Waals surface area contributed by atoms with Crippen LogP contribution in [0.25, 0.3) is 11.3 Å². The van der Waals surface area contributed by atoms with E-state index >= 15 is 0 Å². The molecule has 0 aliphatic rings. The summed E-state index contributed by atoms with van der Waals surface area (Å²) in [6, 6.07) is 14.9. The molecule has 2 N–H and O–H groups in total. The molecule has 0 fully saturated rings. The number of benzene rings is 2. The number of aromatic nitrogens is 2. The zero-order chi connectivity index (χ0) is 14.7. The fourth-order valence-electron chi connectivity index (χ4n) is 2.21. The van der Waals surface area contributed by atoms with Crippen LogP contribution in [0.5, 0.6) is 0 Å². The van der Waals surface area contributed by atoms with Gasteiger partial charge in [0.1, 0.15) is 5.82 Å². The summed E-state index contributed by atoms with van der Waals surface area (Å²) in [5, 5.41) is 10.2. The van der Waals surface area contributed by atoms with Crippen LogP contribution in [0.3, 0.4) is 0 Å². The first kappa shape index (κ1) is 13.4. The van der Waals surface area contributed by atoms with Gasteiger partial charge in [0.2, 0.25) is 0 Å². The molecule has 21 heavy (non-hydrogen) atoms. The summed E-state index contributed by atoms with van der Waals surface area (Å²) in [4.78, 5) is 0. The second-order valence-corrected chi connectivity index (χ2v) is 4.97. The second-order valence-electron chi connectivity index (χ2n) is 4.97. The maximum Gasteiger partial charge on any atom is 0.146 e. The molecule has 0 aliphatic carbocycles. The van der Waals surface area contributed by atoms with Gasteiger partial charge in [-0.15, -0.1) is 0 Å². The Labute approximate surface area is 122 Å². The summed E-state index contributed by atoms with van der Waals surface area (Å²) in [6.45, 7) is 2.57. The number of aromatic amines is 1. The van der Waals surface area contributed by atoms with Crippen LogP contribution in [0.15, 0.2) is 54.7 Å². The van der Waals surface area contributed by atoms with Gasteiger partial charge in [-0.05, 0) is 24.6 Å². The van der Waals surface area contributed by atoms with Crippen molar-refractivity contribution in [2.24, 2.45) is 0 Å². The number of hydrogen-bond donors (Lipinski definition) is 2. The van der Waals surface area contributed by atoms with Crippen LogP contribution in [0.4, 0.5) is 10.1 Å². The molecule has 3 aromatic rings. The van der Waals surface area contributed by atoms with Crippen molar-refractivity contribution in [1.29, 1.82) is 0 Å². The molecule has 0 bridgehead atoms. The van der Waals surface area contributed by atoms with E-state index in [9.17, 15) is 4.39 Å². The summed E-state index contributed by atoms with van der Waals surface area (Å²) < 4.78 is 13.6. The topological polar surface area (TPSA) is 40.7 Å². The van der Waals surface area contributed by atoms with Gasteiger partial charge in [0, 0.05) is 12.1 Å². The minimum Gasteiger partial charge on any atom is -0.378 e. The van der Waals surface area contributed by atoms with Gasteiger partial charge in [-0.2, -0.15) is 5.10 Å². The van der Waals surface area contributed by atoms with Gasteiger partial charge < -0.3 is 5.32 Å². The highest BCUT2D eigenvalue weighted by Crippen LogP contribution is 2.23. The number of para-hydroxylation sites is 1. The van der Waals surface area contributed by atoms with Crippen LogP contribution in [-0.2, 0) is 6.54 Å². The molecule has 0 saturated heterocycles. The molecular formula is C17H16FN3. The lowest BCUT2D eigenvalue weighted by atomic mass is 10.1. The molecule has 0 atom stereocenters. The van der Waals surface area contributed by atoms with Gasteiger partial charge >= 0.3 is 0 Å². The van der Waals surface area contributed by atoms with Gasteiger partial charge in [0.15, 0.2) is 0 Å². The number of aryl methyl sites for hydroxylation is 1. The molecule has 0 radical (unpaired) electrons. The molecule has 1 aromatic heterocycles. The number of nitrogens with zero attached hydrogens (tertiary/aromatic N) is 1. The third-order valence-electron chi connectivity index (χ3n) is 3.40. The Bertz CT molecular complexity index is 732. The standard InChI is InChI=1S/C17H16FN3/c1-12-6-8-13(9-7-12)17-14(11-20-21-17)10-19-16-5-3-2-4-15(16)18/h2-9,11,19H,10H2,1H3,(H,20,21). The number of H-pyrrole nitrogens is 1. The first-order chi connectivity index (χ1) is 10.2. The monoisotopic (exact) mass is 281 g/mol. The van der Waals surface area contributed by atoms with E-state index in [1.165, 1.54) is 11.6 Å². The van der Waals surface area contributed by atoms with E-state index in [1.807, 2.05) is 6.07 Å². The molecule has 0 unspecified atom stereocenters.